The lowest BCUT2D eigenvalue weighted by molar-refractivity contribution is 0.440. The third-order valence-corrected chi connectivity index (χ3v) is 4.75. The molecule has 6 heteroatoms. The molecular formula is C17H15Cl3N2O. The molecular weight excluding hydrogens is 355 g/mol. The molecule has 0 fully saturated rings. The van der Waals surface area contributed by atoms with E-state index < -0.39 is 0 Å². The van der Waals surface area contributed by atoms with Crippen molar-refractivity contribution < 1.29 is 4.74 Å². The highest BCUT2D eigenvalue weighted by molar-refractivity contribution is 6.43. The van der Waals surface area contributed by atoms with Gasteiger partial charge in [-0.15, -0.1) is 0 Å². The van der Waals surface area contributed by atoms with Crippen LogP contribution in [0.15, 0.2) is 36.4 Å². The van der Waals surface area contributed by atoms with Crippen LogP contribution in [0.2, 0.25) is 15.1 Å². The highest BCUT2D eigenvalue weighted by atomic mass is 35.5. The summed E-state index contributed by atoms with van der Waals surface area (Å²) in [5.41, 5.74) is 7.89. The van der Waals surface area contributed by atoms with Crippen LogP contribution in [-0.4, -0.2) is 11.1 Å². The lowest BCUT2D eigenvalue weighted by Crippen LogP contribution is -2.04. The average molecular weight is 370 g/mol. The Labute approximate surface area is 149 Å². The molecule has 0 unspecified atom stereocenters. The van der Waals surface area contributed by atoms with Gasteiger partial charge in [-0.1, -0.05) is 53.0 Å². The molecule has 2 aromatic carbocycles. The van der Waals surface area contributed by atoms with Gasteiger partial charge in [0.15, 0.2) is 0 Å². The normalized spacial score (nSPS) is 11.2. The van der Waals surface area contributed by atoms with Crippen molar-refractivity contribution in [1.82, 2.24) is 4.57 Å². The highest BCUT2D eigenvalue weighted by Crippen LogP contribution is 2.39. The van der Waals surface area contributed by atoms with E-state index in [0.717, 1.165) is 16.5 Å². The monoisotopic (exact) mass is 368 g/mol. The molecule has 1 heterocycles. The van der Waals surface area contributed by atoms with Crippen LogP contribution in [0.5, 0.6) is 11.6 Å². The van der Waals surface area contributed by atoms with Crippen molar-refractivity contribution >= 4 is 45.7 Å². The van der Waals surface area contributed by atoms with Crippen molar-refractivity contribution in [3.05, 3.63) is 57.0 Å². The average Bonchev–Trinajstić information content (AvgIpc) is 2.79. The zero-order chi connectivity index (χ0) is 16.6. The number of fused-ring (bicyclic) bond motifs is 1. The number of aromatic nitrogens is 1. The van der Waals surface area contributed by atoms with Gasteiger partial charge in [0, 0.05) is 24.1 Å². The lowest BCUT2D eigenvalue weighted by Gasteiger charge is -2.12. The molecule has 0 spiro atoms. The number of para-hydroxylation sites is 1. The molecule has 0 aliphatic rings. The largest absolute Gasteiger partial charge is 0.439 e. The van der Waals surface area contributed by atoms with Gasteiger partial charge >= 0.3 is 0 Å². The fraction of sp³-hybridized carbons (Fsp3) is 0.176. The van der Waals surface area contributed by atoms with Crippen molar-refractivity contribution in [2.75, 3.05) is 6.54 Å². The SMILES string of the molecule is Cn1c(Oc2cc(Cl)c(Cl)cc2Cl)c(CCN)c2ccccc21. The predicted octanol–water partition coefficient (Wildman–Crippen LogP) is 5.43. The Bertz CT molecular complexity index is 874. The zero-order valence-electron chi connectivity index (χ0n) is 12.4. The smallest absolute Gasteiger partial charge is 0.204 e. The molecule has 0 amide bonds. The van der Waals surface area contributed by atoms with Gasteiger partial charge in [-0.2, -0.15) is 0 Å². The van der Waals surface area contributed by atoms with E-state index in [2.05, 4.69) is 6.07 Å². The summed E-state index contributed by atoms with van der Waals surface area (Å²) < 4.78 is 8.06. The van der Waals surface area contributed by atoms with E-state index in [9.17, 15) is 0 Å². The molecule has 0 saturated carbocycles. The van der Waals surface area contributed by atoms with Gasteiger partial charge in [0.1, 0.15) is 5.75 Å². The first kappa shape index (κ1) is 16.5. The molecule has 3 nitrogen and oxygen atoms in total. The van der Waals surface area contributed by atoms with E-state index >= 15 is 0 Å². The topological polar surface area (TPSA) is 40.2 Å². The van der Waals surface area contributed by atoms with Gasteiger partial charge in [0.25, 0.3) is 0 Å². The van der Waals surface area contributed by atoms with Gasteiger partial charge in [0.05, 0.1) is 20.6 Å². The van der Waals surface area contributed by atoms with Gasteiger partial charge in [-0.3, -0.25) is 0 Å². The first-order chi connectivity index (χ1) is 11.0. The number of rotatable bonds is 4. The second-order valence-electron chi connectivity index (χ2n) is 5.20. The summed E-state index contributed by atoms with van der Waals surface area (Å²) in [7, 11) is 1.95. The van der Waals surface area contributed by atoms with Crippen LogP contribution in [-0.2, 0) is 13.5 Å². The zero-order valence-corrected chi connectivity index (χ0v) is 14.7. The Hall–Kier alpha value is -1.39. The fourth-order valence-electron chi connectivity index (χ4n) is 2.65. The Morgan fingerprint density at radius 1 is 1.04 bits per heavy atom. The van der Waals surface area contributed by atoms with Gasteiger partial charge in [0.2, 0.25) is 5.88 Å². The van der Waals surface area contributed by atoms with Crippen LogP contribution in [0.1, 0.15) is 5.56 Å². The second-order valence-corrected chi connectivity index (χ2v) is 6.42. The van der Waals surface area contributed by atoms with Crippen molar-refractivity contribution in [1.29, 1.82) is 0 Å². The van der Waals surface area contributed by atoms with Crippen LogP contribution in [0, 0.1) is 0 Å². The molecule has 0 aliphatic carbocycles. The van der Waals surface area contributed by atoms with Crippen molar-refractivity contribution in [2.24, 2.45) is 12.8 Å². The van der Waals surface area contributed by atoms with Crippen LogP contribution in [0.3, 0.4) is 0 Å². The quantitative estimate of drug-likeness (QED) is 0.623. The molecule has 0 atom stereocenters. The van der Waals surface area contributed by atoms with Crippen LogP contribution < -0.4 is 10.5 Å². The maximum Gasteiger partial charge on any atom is 0.204 e. The number of nitrogens with zero attached hydrogens (tertiary/aromatic N) is 1. The second kappa shape index (κ2) is 6.62. The molecule has 23 heavy (non-hydrogen) atoms. The van der Waals surface area contributed by atoms with Gasteiger partial charge in [-0.25, -0.2) is 0 Å². The van der Waals surface area contributed by atoms with E-state index in [1.807, 2.05) is 29.8 Å². The van der Waals surface area contributed by atoms with E-state index in [-0.39, 0.29) is 0 Å². The Kier molecular flexibility index (Phi) is 4.74. The van der Waals surface area contributed by atoms with E-state index in [1.54, 1.807) is 12.1 Å². The number of nitrogens with two attached hydrogens (primary N) is 1. The first-order valence-electron chi connectivity index (χ1n) is 7.11. The van der Waals surface area contributed by atoms with Gasteiger partial charge in [-0.05, 0) is 25.1 Å². The maximum absolute atomic E-state index is 6.23. The van der Waals surface area contributed by atoms with E-state index in [4.69, 9.17) is 45.3 Å². The van der Waals surface area contributed by atoms with E-state index in [0.29, 0.717) is 39.7 Å². The summed E-state index contributed by atoms with van der Waals surface area (Å²) in [5, 5.41) is 2.31. The minimum Gasteiger partial charge on any atom is -0.439 e. The number of aryl methyl sites for hydroxylation is 1. The minimum absolute atomic E-state index is 0.392. The Morgan fingerprint density at radius 2 is 1.74 bits per heavy atom. The summed E-state index contributed by atoms with van der Waals surface area (Å²) in [6.07, 6.45) is 0.704. The van der Waals surface area contributed by atoms with Crippen LogP contribution in [0.25, 0.3) is 10.9 Å². The number of hydrogen-bond donors (Lipinski definition) is 1. The van der Waals surface area contributed by atoms with Crippen LogP contribution in [0.4, 0.5) is 0 Å². The number of hydrogen-bond acceptors (Lipinski definition) is 2. The number of ether oxygens (including phenoxy) is 1. The lowest BCUT2D eigenvalue weighted by atomic mass is 10.1. The van der Waals surface area contributed by atoms with Crippen molar-refractivity contribution in [3.8, 4) is 11.6 Å². The molecule has 2 N–H and O–H groups in total. The summed E-state index contributed by atoms with van der Waals surface area (Å²) in [5.74, 6) is 1.17. The summed E-state index contributed by atoms with van der Waals surface area (Å²) in [6, 6.07) is 11.3. The molecule has 0 radical (unpaired) electrons. The molecule has 0 saturated heterocycles. The minimum atomic E-state index is 0.392. The third-order valence-electron chi connectivity index (χ3n) is 3.73. The summed E-state index contributed by atoms with van der Waals surface area (Å²) in [6.45, 7) is 0.527. The molecule has 120 valence electrons. The summed E-state index contributed by atoms with van der Waals surface area (Å²) >= 11 is 18.3. The molecule has 0 bridgehead atoms. The Balaban J connectivity index is 2.14. The number of benzene rings is 2. The van der Waals surface area contributed by atoms with Crippen molar-refractivity contribution in [2.45, 2.75) is 6.42 Å². The third kappa shape index (κ3) is 3.02. The summed E-state index contributed by atoms with van der Waals surface area (Å²) in [4.78, 5) is 0. The molecule has 1 aromatic heterocycles. The van der Waals surface area contributed by atoms with Crippen molar-refractivity contribution in [3.63, 3.8) is 0 Å². The van der Waals surface area contributed by atoms with Gasteiger partial charge < -0.3 is 15.0 Å². The van der Waals surface area contributed by atoms with Crippen LogP contribution >= 0.6 is 34.8 Å². The predicted molar refractivity (Wildman–Crippen MR) is 97.2 cm³/mol. The highest BCUT2D eigenvalue weighted by Gasteiger charge is 2.18. The number of halogens is 3. The standard InChI is InChI=1S/C17H15Cl3N2O/c1-22-15-5-3-2-4-10(15)11(6-7-21)17(22)23-16-9-13(19)12(18)8-14(16)20/h2-5,8-9H,6-7,21H2,1H3. The first-order valence-corrected chi connectivity index (χ1v) is 8.25. The Morgan fingerprint density at radius 3 is 2.48 bits per heavy atom. The molecule has 0 aliphatic heterocycles. The van der Waals surface area contributed by atoms with E-state index in [1.165, 1.54) is 0 Å². The molecule has 3 rings (SSSR count). The molecule has 3 aromatic rings. The maximum atomic E-state index is 6.23. The fourth-order valence-corrected chi connectivity index (χ4v) is 3.23.